The van der Waals surface area contributed by atoms with E-state index in [1.165, 1.54) is 0 Å². The third-order valence-corrected chi connectivity index (χ3v) is 0.698. The van der Waals surface area contributed by atoms with Crippen molar-refractivity contribution in [3.05, 3.63) is 0 Å². The van der Waals surface area contributed by atoms with Crippen LogP contribution in [0.3, 0.4) is 0 Å². The van der Waals surface area contributed by atoms with Gasteiger partial charge in [0.15, 0.2) is 0 Å². The van der Waals surface area contributed by atoms with Crippen molar-refractivity contribution in [1.29, 1.82) is 0 Å². The minimum absolute atomic E-state index is 0. The van der Waals surface area contributed by atoms with Crippen LogP contribution in [0, 0.1) is 0 Å². The van der Waals surface area contributed by atoms with Gasteiger partial charge < -0.3 is 10.2 Å². The zero-order chi connectivity index (χ0) is 5.15. The number of halogens is 1. The van der Waals surface area contributed by atoms with Crippen LogP contribution in [-0.4, -0.2) is 22.4 Å². The van der Waals surface area contributed by atoms with Crippen LogP contribution in [0.4, 0.5) is 0 Å². The Morgan fingerprint density at radius 2 is 1.14 bits per heavy atom. The third kappa shape index (κ3) is 6.40. The standard InChI is InChI=1S/C4H10O2.BrH/c1-3(5)4(2)6;/h3-6H,1-2H3;1H. The molecule has 0 amide bonds. The van der Waals surface area contributed by atoms with Crippen molar-refractivity contribution in [3.63, 3.8) is 0 Å². The summed E-state index contributed by atoms with van der Waals surface area (Å²) < 4.78 is 0. The van der Waals surface area contributed by atoms with E-state index in [2.05, 4.69) is 0 Å². The average molecular weight is 171 g/mol. The summed E-state index contributed by atoms with van der Waals surface area (Å²) in [5, 5.41) is 16.8. The van der Waals surface area contributed by atoms with Crippen molar-refractivity contribution in [1.82, 2.24) is 0 Å². The fourth-order valence-corrected chi connectivity index (χ4v) is 0. The zero-order valence-electron chi connectivity index (χ0n) is 4.46. The fraction of sp³-hybridized carbons (Fsp3) is 1.00. The summed E-state index contributed by atoms with van der Waals surface area (Å²) in [5.41, 5.74) is 0. The Kier molecular flexibility index (Phi) is 6.77. The molecule has 2 nitrogen and oxygen atoms in total. The molecule has 0 saturated carbocycles. The maximum atomic E-state index is 8.38. The van der Waals surface area contributed by atoms with Crippen LogP contribution in [-0.2, 0) is 0 Å². The Hall–Kier alpha value is 0.400. The molecule has 2 N–H and O–H groups in total. The monoisotopic (exact) mass is 170 g/mol. The number of hydrogen-bond acceptors (Lipinski definition) is 2. The molecule has 0 heterocycles. The SMILES string of the molecule is Br.CC(O)C(C)O. The Morgan fingerprint density at radius 1 is 1.00 bits per heavy atom. The van der Waals surface area contributed by atoms with E-state index in [1.54, 1.807) is 13.8 Å². The Bertz CT molecular complexity index is 30.7. The molecule has 0 saturated heterocycles. The first-order valence-electron chi connectivity index (χ1n) is 2.00. The number of aliphatic hydroxyl groups is 2. The molecule has 3 heteroatoms. The van der Waals surface area contributed by atoms with E-state index in [4.69, 9.17) is 10.2 Å². The second kappa shape index (κ2) is 4.56. The summed E-state index contributed by atoms with van der Waals surface area (Å²) in [5.74, 6) is 0. The maximum absolute atomic E-state index is 8.38. The minimum Gasteiger partial charge on any atom is -0.391 e. The molecule has 0 spiro atoms. The van der Waals surface area contributed by atoms with Gasteiger partial charge in [-0.15, -0.1) is 17.0 Å². The molecular formula is C4H11BrO2. The lowest BCUT2D eigenvalue weighted by Crippen LogP contribution is -2.17. The van der Waals surface area contributed by atoms with Gasteiger partial charge in [-0.3, -0.25) is 0 Å². The zero-order valence-corrected chi connectivity index (χ0v) is 6.17. The van der Waals surface area contributed by atoms with Crippen molar-refractivity contribution in [2.45, 2.75) is 26.1 Å². The van der Waals surface area contributed by atoms with E-state index in [9.17, 15) is 0 Å². The minimum atomic E-state index is -0.593. The predicted molar refractivity (Wildman–Crippen MR) is 33.7 cm³/mol. The van der Waals surface area contributed by atoms with Crippen molar-refractivity contribution in [2.24, 2.45) is 0 Å². The molecule has 0 fully saturated rings. The van der Waals surface area contributed by atoms with Gasteiger partial charge in [-0.25, -0.2) is 0 Å². The molecule has 0 aromatic rings. The predicted octanol–water partition coefficient (Wildman–Crippen LogP) is 0.326. The molecule has 0 aliphatic heterocycles. The van der Waals surface area contributed by atoms with Crippen LogP contribution in [0.15, 0.2) is 0 Å². The number of rotatable bonds is 1. The van der Waals surface area contributed by atoms with E-state index < -0.39 is 12.2 Å². The normalized spacial score (nSPS) is 17.1. The third-order valence-electron chi connectivity index (χ3n) is 0.698. The largest absolute Gasteiger partial charge is 0.391 e. The van der Waals surface area contributed by atoms with Crippen LogP contribution in [0.5, 0.6) is 0 Å². The van der Waals surface area contributed by atoms with Crippen molar-refractivity contribution < 1.29 is 10.2 Å². The Morgan fingerprint density at radius 3 is 1.14 bits per heavy atom. The summed E-state index contributed by atoms with van der Waals surface area (Å²) in [7, 11) is 0. The topological polar surface area (TPSA) is 40.5 Å². The quantitative estimate of drug-likeness (QED) is 0.596. The summed E-state index contributed by atoms with van der Waals surface area (Å²) in [6.07, 6.45) is -1.19. The van der Waals surface area contributed by atoms with E-state index in [0.29, 0.717) is 0 Å². The molecular weight excluding hydrogens is 160 g/mol. The smallest absolute Gasteiger partial charge is 0.0768 e. The van der Waals surface area contributed by atoms with Gasteiger partial charge >= 0.3 is 0 Å². The van der Waals surface area contributed by atoms with Gasteiger partial charge in [0.25, 0.3) is 0 Å². The first-order valence-corrected chi connectivity index (χ1v) is 2.00. The second-order valence-corrected chi connectivity index (χ2v) is 1.48. The van der Waals surface area contributed by atoms with Gasteiger partial charge in [-0.1, -0.05) is 0 Å². The highest BCUT2D eigenvalue weighted by atomic mass is 79.9. The van der Waals surface area contributed by atoms with E-state index in [-0.39, 0.29) is 17.0 Å². The van der Waals surface area contributed by atoms with Crippen LogP contribution in [0.2, 0.25) is 0 Å². The molecule has 0 aliphatic carbocycles. The van der Waals surface area contributed by atoms with Crippen molar-refractivity contribution in [3.8, 4) is 0 Å². The molecule has 2 unspecified atom stereocenters. The molecule has 0 bridgehead atoms. The van der Waals surface area contributed by atoms with Gasteiger partial charge in [0.2, 0.25) is 0 Å². The molecule has 2 atom stereocenters. The van der Waals surface area contributed by atoms with Crippen LogP contribution in [0.25, 0.3) is 0 Å². The fourth-order valence-electron chi connectivity index (χ4n) is 0. The van der Waals surface area contributed by atoms with Crippen molar-refractivity contribution in [2.75, 3.05) is 0 Å². The van der Waals surface area contributed by atoms with E-state index in [0.717, 1.165) is 0 Å². The lowest BCUT2D eigenvalue weighted by molar-refractivity contribution is 0.0438. The van der Waals surface area contributed by atoms with Gasteiger partial charge in [0.1, 0.15) is 0 Å². The summed E-state index contributed by atoms with van der Waals surface area (Å²) in [6.45, 7) is 3.09. The highest BCUT2D eigenvalue weighted by Crippen LogP contribution is 1.85. The molecule has 0 aliphatic rings. The Balaban J connectivity index is 0. The van der Waals surface area contributed by atoms with Gasteiger partial charge in [-0.2, -0.15) is 0 Å². The van der Waals surface area contributed by atoms with Gasteiger partial charge in [0.05, 0.1) is 12.2 Å². The second-order valence-electron chi connectivity index (χ2n) is 1.48. The first-order chi connectivity index (χ1) is 2.64. The van der Waals surface area contributed by atoms with Crippen molar-refractivity contribution >= 4 is 17.0 Å². The molecule has 46 valence electrons. The van der Waals surface area contributed by atoms with Crippen LogP contribution < -0.4 is 0 Å². The van der Waals surface area contributed by atoms with Crippen LogP contribution in [0.1, 0.15) is 13.8 Å². The molecule has 0 aromatic heterocycles. The lowest BCUT2D eigenvalue weighted by Gasteiger charge is -2.03. The molecule has 0 aromatic carbocycles. The summed E-state index contributed by atoms with van der Waals surface area (Å²) >= 11 is 0. The van der Waals surface area contributed by atoms with Gasteiger partial charge in [-0.05, 0) is 13.8 Å². The Labute approximate surface area is 53.9 Å². The summed E-state index contributed by atoms with van der Waals surface area (Å²) in [4.78, 5) is 0. The van der Waals surface area contributed by atoms with Crippen LogP contribution >= 0.6 is 17.0 Å². The number of hydrogen-bond donors (Lipinski definition) is 2. The van der Waals surface area contributed by atoms with E-state index in [1.807, 2.05) is 0 Å². The first kappa shape index (κ1) is 10.4. The maximum Gasteiger partial charge on any atom is 0.0768 e. The van der Waals surface area contributed by atoms with E-state index >= 15 is 0 Å². The average Bonchev–Trinajstić information content (AvgIpc) is 1.36. The highest BCUT2D eigenvalue weighted by Gasteiger charge is 1.99. The molecule has 0 rings (SSSR count). The highest BCUT2D eigenvalue weighted by molar-refractivity contribution is 8.93. The summed E-state index contributed by atoms with van der Waals surface area (Å²) in [6, 6.07) is 0. The molecule has 0 radical (unpaired) electrons. The molecule has 7 heavy (non-hydrogen) atoms. The lowest BCUT2D eigenvalue weighted by atomic mass is 10.3. The van der Waals surface area contributed by atoms with Gasteiger partial charge in [0, 0.05) is 0 Å². The number of aliphatic hydroxyl groups excluding tert-OH is 2.